The largest absolute Gasteiger partial charge is 0.334 e. The van der Waals surface area contributed by atoms with E-state index in [1.165, 1.54) is 0 Å². The van der Waals surface area contributed by atoms with Gasteiger partial charge in [-0.3, -0.25) is 10.1 Å². The molecule has 1 heterocycles. The molecule has 0 aliphatic heterocycles. The third kappa shape index (κ3) is 5.25. The minimum Gasteiger partial charge on any atom is -0.334 e. The van der Waals surface area contributed by atoms with Crippen molar-refractivity contribution in [3.63, 3.8) is 0 Å². The molecule has 0 unspecified atom stereocenters. The maximum Gasteiger partial charge on any atom is 0.321 e. The van der Waals surface area contributed by atoms with Crippen LogP contribution in [0.2, 0.25) is 0 Å². The van der Waals surface area contributed by atoms with Gasteiger partial charge in [-0.1, -0.05) is 44.2 Å². The monoisotopic (exact) mass is 314 g/mol. The summed E-state index contributed by atoms with van der Waals surface area (Å²) in [6.07, 6.45) is 3.80. The summed E-state index contributed by atoms with van der Waals surface area (Å²) >= 11 is 0. The van der Waals surface area contributed by atoms with Crippen LogP contribution < -0.4 is 10.6 Å². The molecule has 0 aliphatic rings. The van der Waals surface area contributed by atoms with E-state index in [0.29, 0.717) is 19.0 Å². The third-order valence-electron chi connectivity index (χ3n) is 3.39. The van der Waals surface area contributed by atoms with Crippen molar-refractivity contribution in [2.24, 2.45) is 0 Å². The van der Waals surface area contributed by atoms with Crippen LogP contribution in [0.4, 0.5) is 4.79 Å². The highest BCUT2D eigenvalue weighted by atomic mass is 16.2. The zero-order chi connectivity index (χ0) is 16.7. The summed E-state index contributed by atoms with van der Waals surface area (Å²) in [5, 5.41) is 5.00. The summed E-state index contributed by atoms with van der Waals surface area (Å²) < 4.78 is 1.94. The van der Waals surface area contributed by atoms with Crippen molar-refractivity contribution in [3.8, 4) is 0 Å². The number of nitrogens with one attached hydrogen (secondary N) is 2. The van der Waals surface area contributed by atoms with Crippen molar-refractivity contribution in [2.45, 2.75) is 39.3 Å². The molecule has 0 fully saturated rings. The Bertz CT molecular complexity index is 650. The van der Waals surface area contributed by atoms with Crippen molar-refractivity contribution in [2.75, 3.05) is 0 Å². The Morgan fingerprint density at radius 2 is 1.96 bits per heavy atom. The molecule has 23 heavy (non-hydrogen) atoms. The van der Waals surface area contributed by atoms with Crippen LogP contribution in [-0.4, -0.2) is 21.5 Å². The van der Waals surface area contributed by atoms with Gasteiger partial charge in [-0.15, -0.1) is 0 Å². The Kier molecular flexibility index (Phi) is 5.91. The molecule has 6 heteroatoms. The normalized spacial score (nSPS) is 10.6. The SMILES string of the molecule is CC(C)c1nccn1CCC(=O)NC(=O)NCc1ccccc1. The summed E-state index contributed by atoms with van der Waals surface area (Å²) in [7, 11) is 0. The van der Waals surface area contributed by atoms with E-state index >= 15 is 0 Å². The molecule has 2 rings (SSSR count). The number of imide groups is 1. The number of nitrogens with zero attached hydrogens (tertiary/aromatic N) is 2. The first-order valence-corrected chi connectivity index (χ1v) is 7.69. The van der Waals surface area contributed by atoms with Gasteiger partial charge in [-0.2, -0.15) is 0 Å². The van der Waals surface area contributed by atoms with E-state index in [1.807, 2.05) is 41.1 Å². The zero-order valence-electron chi connectivity index (χ0n) is 13.5. The zero-order valence-corrected chi connectivity index (χ0v) is 13.5. The molecule has 1 aromatic carbocycles. The Balaban J connectivity index is 1.74. The van der Waals surface area contributed by atoms with Gasteiger partial charge in [-0.05, 0) is 5.56 Å². The predicted octanol–water partition coefficient (Wildman–Crippen LogP) is 2.42. The van der Waals surface area contributed by atoms with Crippen LogP contribution in [0, 0.1) is 0 Å². The molecule has 1 aromatic heterocycles. The lowest BCUT2D eigenvalue weighted by molar-refractivity contribution is -0.120. The standard InChI is InChI=1S/C17H22N4O2/c1-13(2)16-18-9-11-21(16)10-8-15(22)20-17(23)19-12-14-6-4-3-5-7-14/h3-7,9,11,13H,8,10,12H2,1-2H3,(H2,19,20,22,23). The minimum absolute atomic E-state index is 0.231. The minimum atomic E-state index is -0.478. The van der Waals surface area contributed by atoms with Crippen LogP contribution in [0.1, 0.15) is 37.6 Å². The molecule has 122 valence electrons. The number of carbonyl (C=O) groups is 2. The van der Waals surface area contributed by atoms with E-state index in [9.17, 15) is 9.59 Å². The highest BCUT2D eigenvalue weighted by Crippen LogP contribution is 2.11. The van der Waals surface area contributed by atoms with Gasteiger partial charge in [0.05, 0.1) is 0 Å². The number of hydrogen-bond donors (Lipinski definition) is 2. The van der Waals surface area contributed by atoms with Crippen LogP contribution in [0.3, 0.4) is 0 Å². The Hall–Kier alpha value is -2.63. The second-order valence-electron chi connectivity index (χ2n) is 5.60. The topological polar surface area (TPSA) is 76.0 Å². The third-order valence-corrected chi connectivity index (χ3v) is 3.39. The van der Waals surface area contributed by atoms with Crippen LogP contribution in [0.15, 0.2) is 42.7 Å². The van der Waals surface area contributed by atoms with Crippen LogP contribution in [0.5, 0.6) is 0 Å². The van der Waals surface area contributed by atoms with Gasteiger partial charge in [0.25, 0.3) is 0 Å². The second-order valence-corrected chi connectivity index (χ2v) is 5.60. The number of amides is 3. The molecule has 2 N–H and O–H groups in total. The summed E-state index contributed by atoms with van der Waals surface area (Å²) in [6, 6.07) is 9.06. The van der Waals surface area contributed by atoms with Crippen LogP contribution in [0.25, 0.3) is 0 Å². The number of urea groups is 1. The van der Waals surface area contributed by atoms with Crippen LogP contribution in [-0.2, 0) is 17.9 Å². The molecule has 3 amide bonds. The lowest BCUT2D eigenvalue weighted by Gasteiger charge is -2.10. The first-order valence-electron chi connectivity index (χ1n) is 7.69. The molecule has 0 saturated carbocycles. The number of rotatable bonds is 6. The molecule has 0 aliphatic carbocycles. The molecule has 0 saturated heterocycles. The number of aryl methyl sites for hydroxylation is 1. The second kappa shape index (κ2) is 8.12. The average molecular weight is 314 g/mol. The van der Waals surface area contributed by atoms with E-state index in [1.54, 1.807) is 6.20 Å². The van der Waals surface area contributed by atoms with E-state index in [-0.39, 0.29) is 12.3 Å². The Morgan fingerprint density at radius 3 is 2.65 bits per heavy atom. The van der Waals surface area contributed by atoms with E-state index in [2.05, 4.69) is 29.5 Å². The van der Waals surface area contributed by atoms with Crippen molar-refractivity contribution in [1.82, 2.24) is 20.2 Å². The Labute approximate surface area is 135 Å². The van der Waals surface area contributed by atoms with E-state index in [4.69, 9.17) is 0 Å². The maximum absolute atomic E-state index is 11.8. The molecule has 0 bridgehead atoms. The number of aromatic nitrogens is 2. The number of imidazole rings is 1. The molecular weight excluding hydrogens is 292 g/mol. The molecule has 0 spiro atoms. The Morgan fingerprint density at radius 1 is 1.22 bits per heavy atom. The predicted molar refractivity (Wildman–Crippen MR) is 87.8 cm³/mol. The van der Waals surface area contributed by atoms with Gasteiger partial charge in [0.2, 0.25) is 5.91 Å². The summed E-state index contributed by atoms with van der Waals surface area (Å²) in [4.78, 5) is 27.8. The summed E-state index contributed by atoms with van der Waals surface area (Å²) in [5.74, 6) is 0.924. The number of hydrogen-bond acceptors (Lipinski definition) is 3. The molecule has 0 radical (unpaired) electrons. The molecular formula is C17H22N4O2. The van der Waals surface area contributed by atoms with Gasteiger partial charge in [0.1, 0.15) is 5.82 Å². The van der Waals surface area contributed by atoms with Crippen molar-refractivity contribution in [3.05, 3.63) is 54.1 Å². The van der Waals surface area contributed by atoms with Crippen LogP contribution >= 0.6 is 0 Å². The van der Waals surface area contributed by atoms with Gasteiger partial charge in [-0.25, -0.2) is 9.78 Å². The van der Waals surface area contributed by atoms with Gasteiger partial charge in [0, 0.05) is 37.8 Å². The fourth-order valence-corrected chi connectivity index (χ4v) is 2.24. The van der Waals surface area contributed by atoms with Crippen molar-refractivity contribution >= 4 is 11.9 Å². The quantitative estimate of drug-likeness (QED) is 0.860. The number of benzene rings is 1. The molecule has 2 aromatic rings. The van der Waals surface area contributed by atoms with E-state index in [0.717, 1.165) is 11.4 Å². The lowest BCUT2D eigenvalue weighted by atomic mass is 10.2. The smallest absolute Gasteiger partial charge is 0.321 e. The highest BCUT2D eigenvalue weighted by Gasteiger charge is 2.10. The maximum atomic E-state index is 11.8. The first kappa shape index (κ1) is 16.7. The highest BCUT2D eigenvalue weighted by molar-refractivity contribution is 5.94. The van der Waals surface area contributed by atoms with Gasteiger partial charge >= 0.3 is 6.03 Å². The van der Waals surface area contributed by atoms with E-state index < -0.39 is 6.03 Å². The van der Waals surface area contributed by atoms with Crippen molar-refractivity contribution < 1.29 is 9.59 Å². The lowest BCUT2D eigenvalue weighted by Crippen LogP contribution is -2.39. The van der Waals surface area contributed by atoms with Gasteiger partial charge in [0.15, 0.2) is 0 Å². The molecule has 6 nitrogen and oxygen atoms in total. The van der Waals surface area contributed by atoms with Gasteiger partial charge < -0.3 is 9.88 Å². The fourth-order valence-electron chi connectivity index (χ4n) is 2.24. The first-order chi connectivity index (χ1) is 11.1. The van der Waals surface area contributed by atoms with Crippen molar-refractivity contribution in [1.29, 1.82) is 0 Å². The summed E-state index contributed by atoms with van der Waals surface area (Å²) in [5.41, 5.74) is 0.982. The number of carbonyl (C=O) groups excluding carboxylic acids is 2. The molecule has 0 atom stereocenters. The fraction of sp³-hybridized carbons (Fsp3) is 0.353. The summed E-state index contributed by atoms with van der Waals surface area (Å²) in [6.45, 7) is 5.00. The average Bonchev–Trinajstić information content (AvgIpc) is 3.01.